The Labute approximate surface area is 159 Å². The van der Waals surface area contributed by atoms with E-state index in [4.69, 9.17) is 9.47 Å². The van der Waals surface area contributed by atoms with Gasteiger partial charge in [-0.15, -0.1) is 0 Å². The number of Topliss-reactive ketones (excluding diaryl/α,β-unsaturated/α-hetero) is 1. The number of fused-ring (bicyclic) bond motifs is 1. The minimum absolute atomic E-state index is 0.0486. The highest BCUT2D eigenvalue weighted by atomic mass is 16.6. The highest BCUT2D eigenvalue weighted by Crippen LogP contribution is 2.34. The number of carbonyl (C=O) groups excluding carboxylic acids is 2. The number of ether oxygens (including phenoxy) is 2. The number of rotatable bonds is 5. The molecule has 0 aliphatic carbocycles. The van der Waals surface area contributed by atoms with E-state index in [1.807, 2.05) is 18.2 Å². The van der Waals surface area contributed by atoms with E-state index in [0.717, 1.165) is 11.3 Å². The first-order valence-corrected chi connectivity index (χ1v) is 9.20. The fraction of sp³-hybridized carbons (Fsp3) is 0.429. The number of aromatic amines is 1. The third-order valence-electron chi connectivity index (χ3n) is 4.90. The highest BCUT2D eigenvalue weighted by molar-refractivity contribution is 6.02. The maximum absolute atomic E-state index is 12.9. The Balaban J connectivity index is 1.88. The Hall–Kier alpha value is -2.76. The molecule has 6 nitrogen and oxygen atoms in total. The average molecular weight is 370 g/mol. The molecule has 0 unspecified atom stereocenters. The van der Waals surface area contributed by atoms with Crippen LogP contribution in [0.4, 0.5) is 0 Å². The molecule has 6 heteroatoms. The molecule has 1 amide bonds. The summed E-state index contributed by atoms with van der Waals surface area (Å²) in [6, 6.07) is 5.56. The first-order valence-electron chi connectivity index (χ1n) is 9.20. The molecule has 1 aromatic carbocycles. The number of amides is 1. The van der Waals surface area contributed by atoms with Gasteiger partial charge in [0.2, 0.25) is 0 Å². The number of nitrogens with one attached hydrogen (secondary N) is 2. The summed E-state index contributed by atoms with van der Waals surface area (Å²) < 4.78 is 11.2. The van der Waals surface area contributed by atoms with Gasteiger partial charge in [-0.05, 0) is 49.9 Å². The van der Waals surface area contributed by atoms with Crippen molar-refractivity contribution in [3.8, 4) is 11.5 Å². The summed E-state index contributed by atoms with van der Waals surface area (Å²) in [4.78, 5) is 27.8. The summed E-state index contributed by atoms with van der Waals surface area (Å²) in [5.41, 5.74) is 3.37. The second-order valence-corrected chi connectivity index (χ2v) is 7.28. The van der Waals surface area contributed by atoms with Gasteiger partial charge in [-0.1, -0.05) is 19.9 Å². The molecular weight excluding hydrogens is 344 g/mol. The molecule has 144 valence electrons. The number of aromatic nitrogens is 1. The molecule has 1 aliphatic rings. The van der Waals surface area contributed by atoms with Crippen molar-refractivity contribution in [2.45, 2.75) is 40.7 Å². The maximum atomic E-state index is 12.9. The van der Waals surface area contributed by atoms with Gasteiger partial charge in [0.1, 0.15) is 18.9 Å². The van der Waals surface area contributed by atoms with Crippen LogP contribution in [0.25, 0.3) is 0 Å². The summed E-state index contributed by atoms with van der Waals surface area (Å²) >= 11 is 0. The minimum Gasteiger partial charge on any atom is -0.486 e. The zero-order valence-corrected chi connectivity index (χ0v) is 16.4. The first-order chi connectivity index (χ1) is 12.8. The van der Waals surface area contributed by atoms with Gasteiger partial charge in [-0.2, -0.15) is 0 Å². The van der Waals surface area contributed by atoms with Gasteiger partial charge < -0.3 is 19.8 Å². The summed E-state index contributed by atoms with van der Waals surface area (Å²) in [5.74, 6) is 1.31. The lowest BCUT2D eigenvalue weighted by Gasteiger charge is -2.25. The van der Waals surface area contributed by atoms with Crippen LogP contribution in [0.15, 0.2) is 18.2 Å². The normalized spacial score (nSPS) is 14.1. The highest BCUT2D eigenvalue weighted by Gasteiger charge is 2.25. The molecule has 0 saturated heterocycles. The van der Waals surface area contributed by atoms with Crippen LogP contribution >= 0.6 is 0 Å². The van der Waals surface area contributed by atoms with E-state index in [0.29, 0.717) is 41.5 Å². The first kappa shape index (κ1) is 19.0. The van der Waals surface area contributed by atoms with Crippen LogP contribution in [-0.4, -0.2) is 29.9 Å². The molecule has 1 aliphatic heterocycles. The van der Waals surface area contributed by atoms with E-state index in [-0.39, 0.29) is 23.7 Å². The van der Waals surface area contributed by atoms with Crippen LogP contribution in [0.5, 0.6) is 11.5 Å². The van der Waals surface area contributed by atoms with Crippen molar-refractivity contribution >= 4 is 11.7 Å². The molecule has 3 rings (SSSR count). The Morgan fingerprint density at radius 1 is 1.11 bits per heavy atom. The van der Waals surface area contributed by atoms with E-state index in [9.17, 15) is 9.59 Å². The number of H-pyrrole nitrogens is 1. The van der Waals surface area contributed by atoms with E-state index in [1.54, 1.807) is 13.8 Å². The van der Waals surface area contributed by atoms with Crippen molar-refractivity contribution < 1.29 is 19.1 Å². The number of ketones is 1. The summed E-state index contributed by atoms with van der Waals surface area (Å²) in [5, 5.41) is 3.10. The van der Waals surface area contributed by atoms with Crippen molar-refractivity contribution in [1.82, 2.24) is 10.3 Å². The van der Waals surface area contributed by atoms with Crippen molar-refractivity contribution in [3.63, 3.8) is 0 Å². The van der Waals surface area contributed by atoms with Crippen LogP contribution in [-0.2, 0) is 0 Å². The van der Waals surface area contributed by atoms with Crippen molar-refractivity contribution in [1.29, 1.82) is 0 Å². The molecule has 27 heavy (non-hydrogen) atoms. The fourth-order valence-corrected chi connectivity index (χ4v) is 3.61. The Morgan fingerprint density at radius 2 is 1.78 bits per heavy atom. The quantitative estimate of drug-likeness (QED) is 0.786. The van der Waals surface area contributed by atoms with Crippen LogP contribution in [0.1, 0.15) is 64.5 Å². The zero-order valence-electron chi connectivity index (χ0n) is 16.4. The molecule has 0 saturated carbocycles. The topological polar surface area (TPSA) is 80.4 Å². The summed E-state index contributed by atoms with van der Waals surface area (Å²) in [6.45, 7) is 10.3. The molecule has 0 bridgehead atoms. The third-order valence-corrected chi connectivity index (χ3v) is 4.90. The largest absolute Gasteiger partial charge is 0.486 e. The van der Waals surface area contributed by atoms with Crippen molar-refractivity contribution in [3.05, 3.63) is 46.3 Å². The SMILES string of the molecule is CC(=O)c1c(C)[nH]c(C(=O)N[C@H](c2ccc3c(c2)OCCO3)C(C)C)c1C. The van der Waals surface area contributed by atoms with Gasteiger partial charge in [0.15, 0.2) is 17.3 Å². The number of aryl methyl sites for hydroxylation is 1. The molecule has 0 radical (unpaired) electrons. The van der Waals surface area contributed by atoms with Gasteiger partial charge in [0.25, 0.3) is 5.91 Å². The van der Waals surface area contributed by atoms with E-state index < -0.39 is 0 Å². The Kier molecular flexibility index (Phi) is 5.26. The van der Waals surface area contributed by atoms with E-state index in [1.165, 1.54) is 6.92 Å². The van der Waals surface area contributed by atoms with Gasteiger partial charge in [0, 0.05) is 11.3 Å². The zero-order chi connectivity index (χ0) is 19.7. The lowest BCUT2D eigenvalue weighted by molar-refractivity contribution is 0.0920. The molecule has 0 spiro atoms. The predicted octanol–water partition coefficient (Wildman–Crippen LogP) is 3.73. The van der Waals surface area contributed by atoms with E-state index in [2.05, 4.69) is 24.1 Å². The molecule has 0 fully saturated rings. The van der Waals surface area contributed by atoms with E-state index >= 15 is 0 Å². The van der Waals surface area contributed by atoms with Crippen molar-refractivity contribution in [2.24, 2.45) is 5.92 Å². The minimum atomic E-state index is -0.225. The monoisotopic (exact) mass is 370 g/mol. The molecular formula is C21H26N2O4. The second-order valence-electron chi connectivity index (χ2n) is 7.28. The lowest BCUT2D eigenvalue weighted by atomic mass is 9.95. The summed E-state index contributed by atoms with van der Waals surface area (Å²) in [6.07, 6.45) is 0. The molecule has 2 aromatic rings. The Morgan fingerprint density at radius 3 is 2.37 bits per heavy atom. The molecule has 1 aromatic heterocycles. The van der Waals surface area contributed by atoms with Gasteiger partial charge in [0.05, 0.1) is 6.04 Å². The standard InChI is InChI=1S/C21H26N2O4/c1-11(2)19(15-6-7-16-17(10-15)27-9-8-26-16)23-21(25)20-12(3)18(14(5)24)13(4)22-20/h6-7,10-11,19,22H,8-9H2,1-5H3,(H,23,25)/t19-/m0/s1. The number of hydrogen-bond donors (Lipinski definition) is 2. The van der Waals surface area contributed by atoms with Crippen LogP contribution in [0.3, 0.4) is 0 Å². The molecule has 2 N–H and O–H groups in total. The number of benzene rings is 1. The van der Waals surface area contributed by atoms with Crippen LogP contribution in [0, 0.1) is 19.8 Å². The van der Waals surface area contributed by atoms with Gasteiger partial charge in [-0.25, -0.2) is 0 Å². The predicted molar refractivity (Wildman–Crippen MR) is 103 cm³/mol. The summed E-state index contributed by atoms with van der Waals surface area (Å²) in [7, 11) is 0. The van der Waals surface area contributed by atoms with Gasteiger partial charge >= 0.3 is 0 Å². The number of hydrogen-bond acceptors (Lipinski definition) is 4. The van der Waals surface area contributed by atoms with Crippen molar-refractivity contribution in [2.75, 3.05) is 13.2 Å². The van der Waals surface area contributed by atoms with Crippen LogP contribution in [0.2, 0.25) is 0 Å². The lowest BCUT2D eigenvalue weighted by Crippen LogP contribution is -2.32. The third kappa shape index (κ3) is 3.70. The Bertz CT molecular complexity index is 883. The maximum Gasteiger partial charge on any atom is 0.268 e. The average Bonchev–Trinajstić information content (AvgIpc) is 2.93. The molecule has 2 heterocycles. The van der Waals surface area contributed by atoms with Crippen LogP contribution < -0.4 is 14.8 Å². The fourth-order valence-electron chi connectivity index (χ4n) is 3.61. The molecule has 1 atom stereocenters. The second kappa shape index (κ2) is 7.47. The smallest absolute Gasteiger partial charge is 0.268 e. The van der Waals surface area contributed by atoms with Gasteiger partial charge in [-0.3, -0.25) is 9.59 Å². The number of carbonyl (C=O) groups is 2.